The van der Waals surface area contributed by atoms with Crippen molar-refractivity contribution in [2.24, 2.45) is 25.9 Å². The predicted molar refractivity (Wildman–Crippen MR) is 252 cm³/mol. The number of hydrogen-bond acceptors (Lipinski definition) is 12. The quantitative estimate of drug-likeness (QED) is 0.111. The number of pyridine rings is 4. The van der Waals surface area contributed by atoms with Gasteiger partial charge in [-0.15, -0.1) is 0 Å². The number of fused-ring (bicyclic) bond motifs is 2. The number of aromatic nitrogens is 8. The number of nitrogens with one attached hydrogen (secondary N) is 2. The molecule has 0 bridgehead atoms. The number of rotatable bonds is 10. The van der Waals surface area contributed by atoms with Crippen molar-refractivity contribution >= 4 is 57.8 Å². The number of halogens is 1. The van der Waals surface area contributed by atoms with E-state index in [0.717, 1.165) is 44.2 Å². The number of amides is 2. The molecule has 2 saturated carbocycles. The number of carbonyl (C=O) groups is 2. The molecule has 16 nitrogen and oxygen atoms in total. The molecular weight excluding hydrogens is 859 g/mol. The number of nitrogens with zero attached hydrogens (tertiary/aromatic N) is 8. The Morgan fingerprint density at radius 3 is 1.68 bits per heavy atom. The topological polar surface area (TPSA) is 182 Å². The molecule has 0 radical (unpaired) electrons. The van der Waals surface area contributed by atoms with Crippen molar-refractivity contribution in [3.8, 4) is 23.0 Å². The Hall–Kier alpha value is -5.65. The van der Waals surface area contributed by atoms with E-state index in [-0.39, 0.29) is 54.2 Å². The molecule has 5 fully saturated rings. The molecule has 18 heteroatoms. The molecule has 5 aliphatic rings. The first-order valence-electron chi connectivity index (χ1n) is 23.0. The number of hydrogen-bond donors (Lipinski definition) is 2. The van der Waals surface area contributed by atoms with Gasteiger partial charge in [0.2, 0.25) is 23.6 Å². The first-order valence-corrected chi connectivity index (χ1v) is 23.3. The van der Waals surface area contributed by atoms with Gasteiger partial charge in [0, 0.05) is 117 Å². The van der Waals surface area contributed by atoms with Crippen LogP contribution in [0.3, 0.4) is 0 Å². The third kappa shape index (κ3) is 10.2. The summed E-state index contributed by atoms with van der Waals surface area (Å²) in [6, 6.07) is 12.0. The largest absolute Gasteiger partial charge is 0.496 e. The van der Waals surface area contributed by atoms with Gasteiger partial charge in [0.25, 0.3) is 0 Å². The van der Waals surface area contributed by atoms with E-state index in [4.69, 9.17) is 35.4 Å². The van der Waals surface area contributed by atoms with Crippen LogP contribution in [0.15, 0.2) is 61.2 Å². The van der Waals surface area contributed by atoms with Crippen LogP contribution in [-0.2, 0) is 33.0 Å². The lowest BCUT2D eigenvalue weighted by molar-refractivity contribution is -0.120. The fourth-order valence-electron chi connectivity index (χ4n) is 8.31. The van der Waals surface area contributed by atoms with E-state index in [2.05, 4.69) is 87.7 Å². The van der Waals surface area contributed by atoms with Crippen molar-refractivity contribution in [3.05, 3.63) is 77.7 Å². The van der Waals surface area contributed by atoms with Gasteiger partial charge in [0.1, 0.15) is 22.9 Å². The van der Waals surface area contributed by atoms with E-state index in [1.165, 1.54) is 31.4 Å². The van der Waals surface area contributed by atoms with Gasteiger partial charge < -0.3 is 29.4 Å². The Labute approximate surface area is 390 Å². The molecule has 3 saturated heterocycles. The van der Waals surface area contributed by atoms with E-state index in [1.807, 2.05) is 58.8 Å². The first kappa shape index (κ1) is 45.5. The predicted octanol–water partition coefficient (Wildman–Crippen LogP) is 6.59. The molecule has 3 aliphatic heterocycles. The highest BCUT2D eigenvalue weighted by atomic mass is 35.5. The summed E-state index contributed by atoms with van der Waals surface area (Å²) in [5.74, 6) is 2.77. The van der Waals surface area contributed by atoms with Gasteiger partial charge >= 0.3 is 7.12 Å². The highest BCUT2D eigenvalue weighted by molar-refractivity contribution is 6.62. The average Bonchev–Trinajstić information content (AvgIpc) is 4.11. The highest BCUT2D eigenvalue weighted by Crippen LogP contribution is 2.41. The normalized spacial score (nSPS) is 21.7. The van der Waals surface area contributed by atoms with Gasteiger partial charge in [-0.3, -0.25) is 28.9 Å². The molecule has 6 aromatic rings. The maximum atomic E-state index is 11.5. The zero-order valence-corrected chi connectivity index (χ0v) is 39.6. The Morgan fingerprint density at radius 1 is 0.727 bits per heavy atom. The van der Waals surface area contributed by atoms with Crippen LogP contribution in [0.25, 0.3) is 33.1 Å². The number of carbonyl (C=O) groups excluding carboxylic acids is 2. The first-order chi connectivity index (χ1) is 31.5. The van der Waals surface area contributed by atoms with Crippen molar-refractivity contribution in [1.29, 1.82) is 0 Å². The van der Waals surface area contributed by atoms with E-state index in [0.29, 0.717) is 54.7 Å². The summed E-state index contributed by atoms with van der Waals surface area (Å²) in [6.45, 7) is 13.5. The lowest BCUT2D eigenvalue weighted by atomic mass is 9.80. The lowest BCUT2D eigenvalue weighted by Crippen LogP contribution is -2.41. The van der Waals surface area contributed by atoms with Crippen LogP contribution in [0.2, 0.25) is 5.15 Å². The van der Waals surface area contributed by atoms with E-state index in [1.54, 1.807) is 15.4 Å². The maximum absolute atomic E-state index is 11.5. The molecule has 0 aromatic carbocycles. The Kier molecular flexibility index (Phi) is 12.6. The monoisotopic (exact) mass is 916 g/mol. The van der Waals surface area contributed by atoms with Crippen LogP contribution in [0, 0.1) is 11.8 Å². The minimum absolute atomic E-state index is 0.0658. The van der Waals surface area contributed by atoms with Gasteiger partial charge in [-0.25, -0.2) is 9.97 Å². The second kappa shape index (κ2) is 18.2. The fourth-order valence-corrected chi connectivity index (χ4v) is 8.49. The van der Waals surface area contributed by atoms with Crippen molar-refractivity contribution in [3.63, 3.8) is 0 Å². The second-order valence-electron chi connectivity index (χ2n) is 19.3. The van der Waals surface area contributed by atoms with E-state index in [9.17, 15) is 9.59 Å². The van der Waals surface area contributed by atoms with Crippen LogP contribution in [-0.4, -0.2) is 94.9 Å². The van der Waals surface area contributed by atoms with Crippen LogP contribution in [0.5, 0.6) is 11.8 Å². The van der Waals surface area contributed by atoms with Crippen LogP contribution < -0.4 is 25.6 Å². The van der Waals surface area contributed by atoms with Gasteiger partial charge in [-0.2, -0.15) is 10.2 Å². The Bertz CT molecular complexity index is 2720. The summed E-state index contributed by atoms with van der Waals surface area (Å²) >= 11 is 5.99. The summed E-state index contributed by atoms with van der Waals surface area (Å²) < 4.78 is 27.6. The Balaban J connectivity index is 0.000000129. The summed E-state index contributed by atoms with van der Waals surface area (Å²) in [4.78, 5) is 41.0. The Morgan fingerprint density at radius 2 is 1.23 bits per heavy atom. The molecule has 0 unspecified atom stereocenters. The zero-order valence-electron chi connectivity index (χ0n) is 38.9. The summed E-state index contributed by atoms with van der Waals surface area (Å²) in [7, 11) is 3.43. The standard InChI is InChI=1S/C21H23N5O2.C14H20BNO2.C13H15ClN4O2/c1-12(15-7-20(27)23-10-15)28-21-16-11-26(2)25-19(16)8-18(24-21)14-5-6-17(22-9-14)13-3-4-13;1-13(2)14(3,4)18-15(17-13)11-7-8-12(16-9-11)10-5-6-10;1-7(8-3-12(19)15-5-8)20-13-9-6-18(2)17-10(9)4-11(14)16-13/h5-6,8-9,11-13,15H,3-4,7,10H2,1-2H3,(H,23,27);7-10H,5-6H2,1-4H3;4,6-8H,3,5H2,1-2H3,(H,15,19)/t12-,15-;;7-,8-/m1.1/s1. The number of ether oxygens (including phenoxy) is 2. The molecule has 2 aliphatic carbocycles. The molecule has 346 valence electrons. The molecule has 0 spiro atoms. The third-order valence-electron chi connectivity index (χ3n) is 13.5. The second-order valence-corrected chi connectivity index (χ2v) is 19.7. The summed E-state index contributed by atoms with van der Waals surface area (Å²) in [6.07, 6.45) is 13.3. The van der Waals surface area contributed by atoms with Crippen molar-refractivity contribution in [2.75, 3.05) is 13.1 Å². The van der Waals surface area contributed by atoms with Crippen molar-refractivity contribution in [1.82, 2.24) is 50.1 Å². The molecule has 11 rings (SSSR count). The molecule has 9 heterocycles. The molecule has 6 aromatic heterocycles. The SMILES string of the molecule is CC1(C)OB(c2ccc(C3CC3)nc2)OC1(C)C.C[C@@H](Oc1nc(-c2ccc(C3CC3)nc2)cc2nn(C)cc12)[C@H]1CNC(=O)C1.C[C@@H](Oc1nc(Cl)cc2nn(C)cc12)[C@H]1CNC(=O)C1. The molecule has 2 amide bonds. The number of aryl methyl sites for hydroxylation is 2. The van der Waals surface area contributed by atoms with Gasteiger partial charge in [0.15, 0.2) is 0 Å². The average molecular weight is 917 g/mol. The fraction of sp³-hybridized carbons (Fsp3) is 0.500. The summed E-state index contributed by atoms with van der Waals surface area (Å²) in [5, 5.41) is 16.6. The highest BCUT2D eigenvalue weighted by Gasteiger charge is 2.52. The van der Waals surface area contributed by atoms with Crippen LogP contribution in [0.4, 0.5) is 0 Å². The van der Waals surface area contributed by atoms with Crippen molar-refractivity contribution in [2.45, 2.75) is 115 Å². The van der Waals surface area contributed by atoms with Gasteiger partial charge in [0.05, 0.1) is 33.2 Å². The van der Waals surface area contributed by atoms with E-state index < -0.39 is 0 Å². The minimum atomic E-state index is -0.296. The van der Waals surface area contributed by atoms with Gasteiger partial charge in [-0.1, -0.05) is 17.7 Å². The van der Waals surface area contributed by atoms with E-state index >= 15 is 0 Å². The smallest absolute Gasteiger partial charge is 0.474 e. The zero-order chi connectivity index (χ0) is 46.5. The van der Waals surface area contributed by atoms with Gasteiger partial charge in [-0.05, 0) is 91.5 Å². The third-order valence-corrected chi connectivity index (χ3v) is 13.7. The van der Waals surface area contributed by atoms with Crippen LogP contribution >= 0.6 is 11.6 Å². The maximum Gasteiger partial charge on any atom is 0.496 e. The van der Waals surface area contributed by atoms with Crippen molar-refractivity contribution < 1.29 is 28.4 Å². The molecular formula is C48H58BClN10O6. The molecule has 4 atom stereocenters. The summed E-state index contributed by atoms with van der Waals surface area (Å²) in [5.41, 5.74) is 6.13. The lowest BCUT2D eigenvalue weighted by Gasteiger charge is -2.32. The molecule has 2 N–H and O–H groups in total. The minimum Gasteiger partial charge on any atom is -0.474 e. The van der Waals surface area contributed by atoms with Crippen LogP contribution in [0.1, 0.15) is 103 Å². The molecule has 66 heavy (non-hydrogen) atoms.